The molecule has 0 aliphatic heterocycles. The molecule has 0 unspecified atom stereocenters. The molecule has 0 aliphatic rings. The number of nitro benzene ring substituents is 1. The minimum absolute atomic E-state index is 0.0233. The molecule has 0 atom stereocenters. The zero-order valence-corrected chi connectivity index (χ0v) is 13.7. The number of hydrogen-bond donors (Lipinski definition) is 0. The normalized spacial score (nSPS) is 10.8. The molecule has 0 bridgehead atoms. The third kappa shape index (κ3) is 4.18. The zero-order valence-electron chi connectivity index (χ0n) is 12.2. The van der Waals surface area contributed by atoms with Crippen molar-refractivity contribution < 1.29 is 9.66 Å². The lowest BCUT2D eigenvalue weighted by Crippen LogP contribution is -2.02. The first-order chi connectivity index (χ1) is 10.6. The molecule has 0 amide bonds. The minimum Gasteiger partial charge on any atom is -0.482 e. The van der Waals surface area contributed by atoms with Gasteiger partial charge in [0.15, 0.2) is 0 Å². The van der Waals surface area contributed by atoms with Crippen LogP contribution >= 0.6 is 15.9 Å². The van der Waals surface area contributed by atoms with Crippen LogP contribution in [0.3, 0.4) is 0 Å². The summed E-state index contributed by atoms with van der Waals surface area (Å²) in [6.07, 6.45) is 4.44. The highest BCUT2D eigenvalue weighted by molar-refractivity contribution is 9.10. The topological polar surface area (TPSA) is 52.4 Å². The van der Waals surface area contributed by atoms with Gasteiger partial charge < -0.3 is 4.74 Å². The Labute approximate surface area is 137 Å². The van der Waals surface area contributed by atoms with Crippen molar-refractivity contribution in [2.75, 3.05) is 0 Å². The summed E-state index contributed by atoms with van der Waals surface area (Å²) >= 11 is 3.32. The Balaban J connectivity index is 2.35. The maximum Gasteiger partial charge on any atom is 0.312 e. The quantitative estimate of drug-likeness (QED) is 0.410. The lowest BCUT2D eigenvalue weighted by atomic mass is 10.1. The first-order valence-electron chi connectivity index (χ1n) is 6.86. The molecule has 0 radical (unpaired) electrons. The fraction of sp³-hybridized carbons (Fsp3) is 0.176. The highest BCUT2D eigenvalue weighted by Gasteiger charge is 2.20. The average Bonchev–Trinajstić information content (AvgIpc) is 2.52. The number of rotatable bonds is 6. The SMILES string of the molecule is C/C=C/Cc1cc(Br)cc([N+](=O)[O-])c1OCc1ccccc1. The number of allylic oxidation sites excluding steroid dienone is 2. The van der Waals surface area contributed by atoms with Crippen molar-refractivity contribution in [3.63, 3.8) is 0 Å². The summed E-state index contributed by atoms with van der Waals surface area (Å²) in [6, 6.07) is 12.9. The van der Waals surface area contributed by atoms with Gasteiger partial charge in [0.2, 0.25) is 5.75 Å². The molecule has 0 aromatic heterocycles. The second-order valence-corrected chi connectivity index (χ2v) is 5.63. The van der Waals surface area contributed by atoms with Gasteiger partial charge in [-0.2, -0.15) is 0 Å². The van der Waals surface area contributed by atoms with E-state index < -0.39 is 4.92 Å². The molecule has 5 heteroatoms. The number of ether oxygens (including phenoxy) is 1. The summed E-state index contributed by atoms with van der Waals surface area (Å²) in [6.45, 7) is 2.21. The Morgan fingerprint density at radius 3 is 2.64 bits per heavy atom. The van der Waals surface area contributed by atoms with Gasteiger partial charge in [0.25, 0.3) is 0 Å². The van der Waals surface area contributed by atoms with Crippen molar-refractivity contribution in [2.45, 2.75) is 20.0 Å². The van der Waals surface area contributed by atoms with E-state index in [1.807, 2.05) is 55.5 Å². The summed E-state index contributed by atoms with van der Waals surface area (Å²) in [5.41, 5.74) is 1.73. The van der Waals surface area contributed by atoms with E-state index in [4.69, 9.17) is 4.74 Å². The smallest absolute Gasteiger partial charge is 0.312 e. The van der Waals surface area contributed by atoms with Crippen molar-refractivity contribution in [1.82, 2.24) is 0 Å². The Morgan fingerprint density at radius 2 is 2.00 bits per heavy atom. The van der Waals surface area contributed by atoms with Crippen molar-refractivity contribution in [1.29, 1.82) is 0 Å². The van der Waals surface area contributed by atoms with Crippen molar-refractivity contribution >= 4 is 21.6 Å². The monoisotopic (exact) mass is 361 g/mol. The summed E-state index contributed by atoms with van der Waals surface area (Å²) in [5.74, 6) is 0.329. The molecule has 0 heterocycles. The summed E-state index contributed by atoms with van der Waals surface area (Å²) < 4.78 is 6.44. The molecule has 0 aliphatic carbocycles. The highest BCUT2D eigenvalue weighted by atomic mass is 79.9. The Hall–Kier alpha value is -2.14. The fourth-order valence-electron chi connectivity index (χ4n) is 2.06. The molecule has 0 saturated carbocycles. The van der Waals surface area contributed by atoms with Gasteiger partial charge in [-0.15, -0.1) is 0 Å². The Bertz CT molecular complexity index is 684. The molecule has 0 spiro atoms. The van der Waals surface area contributed by atoms with E-state index in [2.05, 4.69) is 15.9 Å². The predicted octanol–water partition coefficient (Wildman–Crippen LogP) is 5.05. The average molecular weight is 362 g/mol. The summed E-state index contributed by atoms with van der Waals surface area (Å²) in [4.78, 5) is 10.9. The van der Waals surface area contributed by atoms with Crippen LogP contribution in [-0.4, -0.2) is 4.92 Å². The van der Waals surface area contributed by atoms with E-state index in [1.54, 1.807) is 0 Å². The molecule has 0 fully saturated rings. The number of nitro groups is 1. The molecule has 22 heavy (non-hydrogen) atoms. The van der Waals surface area contributed by atoms with Crippen LogP contribution in [0, 0.1) is 10.1 Å². The van der Waals surface area contributed by atoms with Crippen LogP contribution in [-0.2, 0) is 13.0 Å². The third-order valence-corrected chi connectivity index (χ3v) is 3.57. The molecular formula is C17H16BrNO3. The van der Waals surface area contributed by atoms with Crippen LogP contribution in [0.25, 0.3) is 0 Å². The van der Waals surface area contributed by atoms with Crippen LogP contribution in [0.1, 0.15) is 18.1 Å². The Kier molecular flexibility index (Phi) is 5.72. The summed E-state index contributed by atoms with van der Waals surface area (Å²) in [5, 5.41) is 11.3. The van der Waals surface area contributed by atoms with E-state index in [0.717, 1.165) is 11.1 Å². The molecule has 2 aromatic carbocycles. The van der Waals surface area contributed by atoms with Gasteiger partial charge in [0.05, 0.1) is 4.92 Å². The second-order valence-electron chi connectivity index (χ2n) is 4.72. The molecule has 0 saturated heterocycles. The number of nitrogens with zero attached hydrogens (tertiary/aromatic N) is 1. The van der Waals surface area contributed by atoms with Crippen molar-refractivity contribution in [3.8, 4) is 5.75 Å². The van der Waals surface area contributed by atoms with E-state index in [0.29, 0.717) is 23.2 Å². The number of halogens is 1. The largest absolute Gasteiger partial charge is 0.482 e. The van der Waals surface area contributed by atoms with Crippen LogP contribution in [0.4, 0.5) is 5.69 Å². The standard InChI is InChI=1S/C17H16BrNO3/c1-2-3-9-14-10-15(18)11-16(19(20)21)17(14)22-12-13-7-5-4-6-8-13/h2-8,10-11H,9,12H2,1H3/b3-2+. The predicted molar refractivity (Wildman–Crippen MR) is 90.1 cm³/mol. The third-order valence-electron chi connectivity index (χ3n) is 3.11. The molecule has 114 valence electrons. The van der Waals surface area contributed by atoms with Crippen LogP contribution < -0.4 is 4.74 Å². The summed E-state index contributed by atoms with van der Waals surface area (Å²) in [7, 11) is 0. The minimum atomic E-state index is -0.412. The van der Waals surface area contributed by atoms with E-state index in [1.165, 1.54) is 6.07 Å². The van der Waals surface area contributed by atoms with Crippen LogP contribution in [0.15, 0.2) is 59.1 Å². The fourth-order valence-corrected chi connectivity index (χ4v) is 2.56. The Morgan fingerprint density at radius 1 is 1.27 bits per heavy atom. The van der Waals surface area contributed by atoms with Crippen molar-refractivity contribution in [2.24, 2.45) is 0 Å². The van der Waals surface area contributed by atoms with Gasteiger partial charge in [-0.1, -0.05) is 58.4 Å². The number of benzene rings is 2. The molecule has 4 nitrogen and oxygen atoms in total. The van der Waals surface area contributed by atoms with E-state index in [-0.39, 0.29) is 5.69 Å². The van der Waals surface area contributed by atoms with E-state index >= 15 is 0 Å². The van der Waals surface area contributed by atoms with Crippen LogP contribution in [0.5, 0.6) is 5.75 Å². The first-order valence-corrected chi connectivity index (χ1v) is 7.65. The zero-order chi connectivity index (χ0) is 15.9. The van der Waals surface area contributed by atoms with Crippen molar-refractivity contribution in [3.05, 3.63) is 80.3 Å². The second kappa shape index (κ2) is 7.75. The van der Waals surface area contributed by atoms with Gasteiger partial charge in [-0.25, -0.2) is 0 Å². The van der Waals surface area contributed by atoms with Crippen LogP contribution in [0.2, 0.25) is 0 Å². The van der Waals surface area contributed by atoms with Gasteiger partial charge in [0.1, 0.15) is 6.61 Å². The van der Waals surface area contributed by atoms with Gasteiger partial charge >= 0.3 is 5.69 Å². The molecule has 2 aromatic rings. The van der Waals surface area contributed by atoms with Gasteiger partial charge in [0, 0.05) is 16.1 Å². The molecule has 2 rings (SSSR count). The lowest BCUT2D eigenvalue weighted by Gasteiger charge is -2.12. The first kappa shape index (κ1) is 16.2. The lowest BCUT2D eigenvalue weighted by molar-refractivity contribution is -0.386. The molecule has 0 N–H and O–H groups in total. The number of hydrogen-bond acceptors (Lipinski definition) is 3. The molecular weight excluding hydrogens is 346 g/mol. The maximum atomic E-state index is 11.3. The maximum absolute atomic E-state index is 11.3. The highest BCUT2D eigenvalue weighted by Crippen LogP contribution is 2.35. The van der Waals surface area contributed by atoms with Gasteiger partial charge in [-0.3, -0.25) is 10.1 Å². The van der Waals surface area contributed by atoms with Gasteiger partial charge in [-0.05, 0) is 25.0 Å². The van der Waals surface area contributed by atoms with E-state index in [9.17, 15) is 10.1 Å².